The van der Waals surface area contributed by atoms with Crippen molar-refractivity contribution in [3.05, 3.63) is 76.7 Å². The van der Waals surface area contributed by atoms with Crippen molar-refractivity contribution in [3.8, 4) is 5.75 Å². The number of hydrogen-bond donors (Lipinski definition) is 4. The fourth-order valence-corrected chi connectivity index (χ4v) is 4.14. The molecule has 0 aliphatic rings. The second kappa shape index (κ2) is 10.3. The molecular formula is C21H22N4O7S. The predicted octanol–water partition coefficient (Wildman–Crippen LogP) is -0.201. The summed E-state index contributed by atoms with van der Waals surface area (Å²) in [4.78, 5) is 36.4. The number of ether oxygens (including phenoxy) is 1. The van der Waals surface area contributed by atoms with Gasteiger partial charge in [0.25, 0.3) is 11.5 Å². The van der Waals surface area contributed by atoms with E-state index in [2.05, 4.69) is 5.32 Å². The summed E-state index contributed by atoms with van der Waals surface area (Å²) < 4.78 is 33.5. The van der Waals surface area contributed by atoms with Crippen molar-refractivity contribution in [1.29, 1.82) is 0 Å². The molecule has 33 heavy (non-hydrogen) atoms. The molecule has 0 saturated heterocycles. The number of sulfonamides is 1. The van der Waals surface area contributed by atoms with Gasteiger partial charge in [-0.2, -0.15) is 4.72 Å². The normalized spacial score (nSPS) is 12.3. The Kier molecular flexibility index (Phi) is 7.43. The van der Waals surface area contributed by atoms with Crippen LogP contribution in [0.2, 0.25) is 0 Å². The molecule has 174 valence electrons. The fraction of sp³-hybridized carbons (Fsp3) is 0.190. The van der Waals surface area contributed by atoms with Crippen LogP contribution in [0.4, 0.5) is 0 Å². The number of hydrogen-bond acceptors (Lipinski definition) is 7. The lowest BCUT2D eigenvalue weighted by Crippen LogP contribution is -2.48. The minimum atomic E-state index is -4.12. The third kappa shape index (κ3) is 5.94. The number of carbonyl (C=O) groups is 2. The number of rotatable bonds is 10. The number of fused-ring (bicyclic) bond motifs is 1. The molecule has 1 atom stereocenters. The van der Waals surface area contributed by atoms with E-state index in [-0.39, 0.29) is 17.1 Å². The zero-order valence-corrected chi connectivity index (χ0v) is 18.1. The summed E-state index contributed by atoms with van der Waals surface area (Å²) in [5.41, 5.74) is 5.29. The Bertz CT molecular complexity index is 1320. The molecule has 0 spiro atoms. The van der Waals surface area contributed by atoms with Crippen LogP contribution in [-0.4, -0.2) is 55.5 Å². The summed E-state index contributed by atoms with van der Waals surface area (Å²) in [6.45, 7) is 0.0515. The van der Waals surface area contributed by atoms with Crippen LogP contribution in [0.15, 0.2) is 70.5 Å². The highest BCUT2D eigenvalue weighted by molar-refractivity contribution is 7.89. The van der Waals surface area contributed by atoms with Crippen molar-refractivity contribution in [1.82, 2.24) is 14.4 Å². The molecule has 12 heteroatoms. The number of aromatic nitrogens is 1. The second-order valence-corrected chi connectivity index (χ2v) is 8.63. The Labute approximate surface area is 188 Å². The Morgan fingerprint density at radius 2 is 1.85 bits per heavy atom. The molecule has 0 radical (unpaired) electrons. The molecule has 0 bridgehead atoms. The first-order valence-corrected chi connectivity index (χ1v) is 11.3. The molecule has 2 heterocycles. The number of nitrogens with one attached hydrogen (secondary N) is 2. The number of carbonyl (C=O) groups excluding carboxylic acids is 1. The van der Waals surface area contributed by atoms with Crippen LogP contribution in [-0.2, 0) is 14.8 Å². The Morgan fingerprint density at radius 1 is 1.12 bits per heavy atom. The van der Waals surface area contributed by atoms with Gasteiger partial charge in [-0.05, 0) is 30.3 Å². The van der Waals surface area contributed by atoms with E-state index >= 15 is 0 Å². The number of pyridine rings is 2. The average Bonchev–Trinajstić information content (AvgIpc) is 2.80. The first-order chi connectivity index (χ1) is 15.7. The van der Waals surface area contributed by atoms with Gasteiger partial charge in [0, 0.05) is 30.2 Å². The first kappa shape index (κ1) is 23.9. The first-order valence-electron chi connectivity index (χ1n) is 9.79. The Morgan fingerprint density at radius 3 is 2.52 bits per heavy atom. The topological polar surface area (TPSA) is 169 Å². The summed E-state index contributed by atoms with van der Waals surface area (Å²) in [7, 11) is -4.12. The van der Waals surface area contributed by atoms with E-state index < -0.39 is 40.0 Å². The van der Waals surface area contributed by atoms with E-state index in [0.717, 1.165) is 6.07 Å². The molecule has 0 saturated carbocycles. The molecule has 3 aromatic rings. The number of aliphatic carboxylic acids is 1. The molecule has 11 nitrogen and oxygen atoms in total. The van der Waals surface area contributed by atoms with Crippen LogP contribution in [0.25, 0.3) is 5.52 Å². The highest BCUT2D eigenvalue weighted by Gasteiger charge is 2.26. The lowest BCUT2D eigenvalue weighted by Gasteiger charge is -2.16. The van der Waals surface area contributed by atoms with Crippen LogP contribution in [0.1, 0.15) is 10.4 Å². The molecule has 0 aliphatic carbocycles. The largest absolute Gasteiger partial charge is 0.491 e. The summed E-state index contributed by atoms with van der Waals surface area (Å²) >= 11 is 0. The van der Waals surface area contributed by atoms with Gasteiger partial charge in [-0.3, -0.25) is 18.8 Å². The predicted molar refractivity (Wildman–Crippen MR) is 119 cm³/mol. The highest BCUT2D eigenvalue weighted by Crippen LogP contribution is 2.13. The van der Waals surface area contributed by atoms with Crippen molar-refractivity contribution < 1.29 is 27.9 Å². The second-order valence-electron chi connectivity index (χ2n) is 6.91. The van der Waals surface area contributed by atoms with Gasteiger partial charge in [0.2, 0.25) is 10.0 Å². The van der Waals surface area contributed by atoms with E-state index in [1.54, 1.807) is 18.2 Å². The Hall–Kier alpha value is -3.74. The summed E-state index contributed by atoms with van der Waals surface area (Å²) in [5, 5.41) is 11.7. The average molecular weight is 474 g/mol. The molecule has 5 N–H and O–H groups in total. The highest BCUT2D eigenvalue weighted by atomic mass is 32.2. The van der Waals surface area contributed by atoms with Gasteiger partial charge < -0.3 is 20.9 Å². The van der Waals surface area contributed by atoms with Crippen molar-refractivity contribution >= 4 is 27.4 Å². The maximum absolute atomic E-state index is 12.5. The standard InChI is InChI=1S/C21H22N4O7S/c22-8-9-32-16-7-6-15-10-14(11-19(26)25(15)13-16)20(27)23-12-18(21(28)29)24-33(30,31)17-4-2-1-3-5-17/h1-7,10-11,13,18,24H,8-9,12,22H2,(H,23,27)(H,28,29). The smallest absolute Gasteiger partial charge is 0.323 e. The summed E-state index contributed by atoms with van der Waals surface area (Å²) in [6.07, 6.45) is 1.47. The third-order valence-corrected chi connectivity index (χ3v) is 6.02. The Balaban J connectivity index is 1.74. The van der Waals surface area contributed by atoms with E-state index in [1.165, 1.54) is 40.9 Å². The molecule has 1 aromatic carbocycles. The van der Waals surface area contributed by atoms with Crippen molar-refractivity contribution in [2.24, 2.45) is 5.73 Å². The molecule has 0 aliphatic heterocycles. The van der Waals surface area contributed by atoms with Crippen molar-refractivity contribution in [2.45, 2.75) is 10.9 Å². The lowest BCUT2D eigenvalue weighted by molar-refractivity contribution is -0.138. The van der Waals surface area contributed by atoms with Gasteiger partial charge >= 0.3 is 5.97 Å². The number of carboxylic acids is 1. The van der Waals surface area contributed by atoms with Crippen LogP contribution < -0.4 is 26.1 Å². The van der Waals surface area contributed by atoms with Crippen LogP contribution in [0, 0.1) is 0 Å². The zero-order valence-electron chi connectivity index (χ0n) is 17.3. The van der Waals surface area contributed by atoms with E-state index in [0.29, 0.717) is 17.8 Å². The molecular weight excluding hydrogens is 452 g/mol. The molecule has 3 rings (SSSR count). The van der Waals surface area contributed by atoms with Crippen molar-refractivity contribution in [3.63, 3.8) is 0 Å². The monoisotopic (exact) mass is 474 g/mol. The SMILES string of the molecule is NCCOc1ccc2cc(C(=O)NCC(NS(=O)(=O)c3ccccc3)C(=O)O)cc(=O)n2c1. The van der Waals surface area contributed by atoms with Gasteiger partial charge in [-0.25, -0.2) is 8.42 Å². The maximum Gasteiger partial charge on any atom is 0.323 e. The van der Waals surface area contributed by atoms with Gasteiger partial charge in [0.05, 0.1) is 11.1 Å². The van der Waals surface area contributed by atoms with E-state index in [4.69, 9.17) is 10.5 Å². The van der Waals surface area contributed by atoms with Gasteiger partial charge in [0.1, 0.15) is 18.4 Å². The molecule has 0 fully saturated rings. The van der Waals surface area contributed by atoms with Gasteiger partial charge in [-0.1, -0.05) is 18.2 Å². The third-order valence-electron chi connectivity index (χ3n) is 4.54. The van der Waals surface area contributed by atoms with Crippen LogP contribution in [0.3, 0.4) is 0 Å². The molecule has 1 amide bonds. The maximum atomic E-state index is 12.5. The van der Waals surface area contributed by atoms with Crippen LogP contribution >= 0.6 is 0 Å². The quantitative estimate of drug-likeness (QED) is 0.313. The summed E-state index contributed by atoms with van der Waals surface area (Å²) in [5.74, 6) is -1.77. The number of carboxylic acid groups (broad SMARTS) is 1. The van der Waals surface area contributed by atoms with Gasteiger partial charge in [-0.15, -0.1) is 0 Å². The van der Waals surface area contributed by atoms with E-state index in [9.17, 15) is 27.9 Å². The zero-order chi connectivity index (χ0) is 24.0. The minimum Gasteiger partial charge on any atom is -0.491 e. The number of nitrogens with zero attached hydrogens (tertiary/aromatic N) is 1. The minimum absolute atomic E-state index is 0.00863. The lowest BCUT2D eigenvalue weighted by atomic mass is 10.2. The molecule has 2 aromatic heterocycles. The molecule has 1 unspecified atom stereocenters. The summed E-state index contributed by atoms with van der Waals surface area (Å²) in [6, 6.07) is 11.3. The van der Waals surface area contributed by atoms with Crippen LogP contribution in [0.5, 0.6) is 5.75 Å². The number of amides is 1. The fourth-order valence-electron chi connectivity index (χ4n) is 2.93. The number of benzene rings is 1. The van der Waals surface area contributed by atoms with Gasteiger partial charge in [0.15, 0.2) is 0 Å². The van der Waals surface area contributed by atoms with E-state index in [1.807, 2.05) is 4.72 Å². The van der Waals surface area contributed by atoms with Crippen molar-refractivity contribution in [2.75, 3.05) is 19.7 Å². The number of nitrogens with two attached hydrogens (primary N) is 1.